The van der Waals surface area contributed by atoms with E-state index in [4.69, 9.17) is 0 Å². The molecule has 2 N–H and O–H groups in total. The van der Waals surface area contributed by atoms with Gasteiger partial charge in [0.15, 0.2) is 0 Å². The number of rotatable bonds is 4. The van der Waals surface area contributed by atoms with Crippen LogP contribution in [0.4, 0.5) is 0 Å². The standard InChI is InChI=1S/C16H25BN2O/c1-16(18-17(2)20)8-14-11-19(12-15(14)9-16)10-13-6-4-3-5-7-13/h3-7,14-15,18,20H,8-12H2,1-2H3/t14-,15+,16?. The second kappa shape index (κ2) is 5.51. The first-order valence-electron chi connectivity index (χ1n) is 7.76. The van der Waals surface area contributed by atoms with Gasteiger partial charge in [-0.25, -0.2) is 0 Å². The molecule has 1 aliphatic heterocycles. The van der Waals surface area contributed by atoms with Crippen LogP contribution in [0.3, 0.4) is 0 Å². The third-order valence-corrected chi connectivity index (χ3v) is 4.88. The molecule has 0 radical (unpaired) electrons. The maximum absolute atomic E-state index is 9.57. The Labute approximate surface area is 122 Å². The summed E-state index contributed by atoms with van der Waals surface area (Å²) in [7, 11) is -0.403. The molecule has 1 aliphatic carbocycles. The molecule has 1 unspecified atom stereocenters. The van der Waals surface area contributed by atoms with Gasteiger partial charge in [0.05, 0.1) is 0 Å². The number of likely N-dealkylation sites (tertiary alicyclic amines) is 1. The van der Waals surface area contributed by atoms with Gasteiger partial charge in [0.1, 0.15) is 0 Å². The lowest BCUT2D eigenvalue weighted by Crippen LogP contribution is -2.48. The zero-order chi connectivity index (χ0) is 14.2. The molecule has 0 aromatic heterocycles. The third kappa shape index (κ3) is 3.08. The molecule has 1 aromatic carbocycles. The van der Waals surface area contributed by atoms with E-state index < -0.39 is 7.05 Å². The molecule has 1 heterocycles. The van der Waals surface area contributed by atoms with Crippen LogP contribution in [0.1, 0.15) is 25.3 Å². The molecule has 1 aromatic rings. The fraction of sp³-hybridized carbons (Fsp3) is 0.625. The predicted octanol–water partition coefficient (Wildman–Crippen LogP) is 1.99. The van der Waals surface area contributed by atoms with Gasteiger partial charge in [-0.2, -0.15) is 0 Å². The van der Waals surface area contributed by atoms with Crippen LogP contribution in [0.2, 0.25) is 6.82 Å². The molecule has 3 rings (SSSR count). The van der Waals surface area contributed by atoms with Crippen molar-refractivity contribution in [2.75, 3.05) is 13.1 Å². The summed E-state index contributed by atoms with van der Waals surface area (Å²) in [6.45, 7) is 7.57. The summed E-state index contributed by atoms with van der Waals surface area (Å²) in [6, 6.07) is 10.8. The highest BCUT2D eigenvalue weighted by Crippen LogP contribution is 2.44. The first-order chi connectivity index (χ1) is 9.54. The number of hydrogen-bond acceptors (Lipinski definition) is 3. The monoisotopic (exact) mass is 272 g/mol. The fourth-order valence-corrected chi connectivity index (χ4v) is 4.33. The molecule has 108 valence electrons. The van der Waals surface area contributed by atoms with E-state index in [1.165, 1.54) is 31.5 Å². The van der Waals surface area contributed by atoms with Gasteiger partial charge in [0.25, 0.3) is 0 Å². The molecule has 2 fully saturated rings. The van der Waals surface area contributed by atoms with Crippen molar-refractivity contribution in [1.29, 1.82) is 0 Å². The fourth-order valence-electron chi connectivity index (χ4n) is 4.33. The molecule has 1 saturated carbocycles. The molecule has 2 aliphatic rings. The van der Waals surface area contributed by atoms with Crippen molar-refractivity contribution in [2.45, 2.75) is 38.7 Å². The zero-order valence-corrected chi connectivity index (χ0v) is 12.5. The van der Waals surface area contributed by atoms with E-state index in [9.17, 15) is 5.02 Å². The molecule has 1 saturated heterocycles. The van der Waals surface area contributed by atoms with Crippen LogP contribution in [0, 0.1) is 11.8 Å². The molecule has 0 amide bonds. The topological polar surface area (TPSA) is 35.5 Å². The smallest absolute Gasteiger partial charge is 0.374 e. The quantitative estimate of drug-likeness (QED) is 0.823. The van der Waals surface area contributed by atoms with E-state index in [2.05, 4.69) is 47.4 Å². The molecule has 20 heavy (non-hydrogen) atoms. The number of hydrogen-bond donors (Lipinski definition) is 2. The maximum atomic E-state index is 9.57. The van der Waals surface area contributed by atoms with Crippen molar-refractivity contribution in [2.24, 2.45) is 11.8 Å². The lowest BCUT2D eigenvalue weighted by atomic mass is 9.81. The number of nitrogens with one attached hydrogen (secondary N) is 1. The average Bonchev–Trinajstić information content (AvgIpc) is 2.83. The lowest BCUT2D eigenvalue weighted by Gasteiger charge is -2.29. The third-order valence-electron chi connectivity index (χ3n) is 4.88. The van der Waals surface area contributed by atoms with Gasteiger partial charge >= 0.3 is 7.05 Å². The minimum Gasteiger partial charge on any atom is -0.437 e. The van der Waals surface area contributed by atoms with Crippen LogP contribution in [-0.2, 0) is 6.54 Å². The first-order valence-corrected chi connectivity index (χ1v) is 7.76. The molecule has 0 bridgehead atoms. The van der Waals surface area contributed by atoms with E-state index in [1.54, 1.807) is 0 Å². The summed E-state index contributed by atoms with van der Waals surface area (Å²) >= 11 is 0. The molecule has 0 spiro atoms. The summed E-state index contributed by atoms with van der Waals surface area (Å²) in [5, 5.41) is 12.9. The Bertz CT molecular complexity index is 437. The van der Waals surface area contributed by atoms with E-state index in [0.29, 0.717) is 0 Å². The van der Waals surface area contributed by atoms with Gasteiger partial charge in [-0.05, 0) is 44.0 Å². The predicted molar refractivity (Wildman–Crippen MR) is 83.3 cm³/mol. The van der Waals surface area contributed by atoms with Crippen LogP contribution < -0.4 is 5.23 Å². The van der Waals surface area contributed by atoms with Gasteiger partial charge in [0, 0.05) is 25.2 Å². The van der Waals surface area contributed by atoms with Crippen molar-refractivity contribution in [3.63, 3.8) is 0 Å². The minimum atomic E-state index is -0.403. The summed E-state index contributed by atoms with van der Waals surface area (Å²) in [5.74, 6) is 1.57. The Kier molecular flexibility index (Phi) is 3.89. The van der Waals surface area contributed by atoms with Gasteiger partial charge in [-0.15, -0.1) is 0 Å². The van der Waals surface area contributed by atoms with Crippen molar-refractivity contribution in [3.05, 3.63) is 35.9 Å². The molecular weight excluding hydrogens is 247 g/mol. The molecular formula is C16H25BN2O. The average molecular weight is 272 g/mol. The van der Waals surface area contributed by atoms with Crippen LogP contribution in [0.25, 0.3) is 0 Å². The van der Waals surface area contributed by atoms with Gasteiger partial charge in [-0.1, -0.05) is 30.3 Å². The molecule has 3 atom stereocenters. The van der Waals surface area contributed by atoms with E-state index in [0.717, 1.165) is 18.4 Å². The first kappa shape index (κ1) is 14.1. The van der Waals surface area contributed by atoms with Gasteiger partial charge in [0.2, 0.25) is 0 Å². The molecule has 3 nitrogen and oxygen atoms in total. The Hall–Kier alpha value is -0.835. The van der Waals surface area contributed by atoms with Crippen LogP contribution >= 0.6 is 0 Å². The summed E-state index contributed by atoms with van der Waals surface area (Å²) < 4.78 is 0. The van der Waals surface area contributed by atoms with Crippen molar-refractivity contribution in [1.82, 2.24) is 10.1 Å². The minimum absolute atomic E-state index is 0.127. The normalized spacial score (nSPS) is 33.4. The number of benzene rings is 1. The molecule has 4 heteroatoms. The summed E-state index contributed by atoms with van der Waals surface area (Å²) in [4.78, 5) is 2.59. The van der Waals surface area contributed by atoms with Crippen molar-refractivity contribution < 1.29 is 5.02 Å². The van der Waals surface area contributed by atoms with Crippen LogP contribution in [-0.4, -0.2) is 35.6 Å². The Morgan fingerprint density at radius 3 is 2.40 bits per heavy atom. The van der Waals surface area contributed by atoms with Crippen LogP contribution in [0.15, 0.2) is 30.3 Å². The number of nitrogens with zero attached hydrogens (tertiary/aromatic N) is 1. The van der Waals surface area contributed by atoms with Gasteiger partial charge in [-0.3, -0.25) is 4.90 Å². The maximum Gasteiger partial charge on any atom is 0.374 e. The Morgan fingerprint density at radius 2 is 1.85 bits per heavy atom. The second-order valence-corrected chi connectivity index (χ2v) is 6.99. The van der Waals surface area contributed by atoms with Crippen molar-refractivity contribution in [3.8, 4) is 0 Å². The second-order valence-electron chi connectivity index (χ2n) is 6.99. The Morgan fingerprint density at radius 1 is 1.25 bits per heavy atom. The van der Waals surface area contributed by atoms with E-state index in [-0.39, 0.29) is 5.54 Å². The van der Waals surface area contributed by atoms with E-state index in [1.807, 2.05) is 6.82 Å². The van der Waals surface area contributed by atoms with Crippen LogP contribution in [0.5, 0.6) is 0 Å². The lowest BCUT2D eigenvalue weighted by molar-refractivity contribution is 0.274. The zero-order valence-electron chi connectivity index (χ0n) is 12.5. The largest absolute Gasteiger partial charge is 0.437 e. The van der Waals surface area contributed by atoms with E-state index >= 15 is 0 Å². The summed E-state index contributed by atoms with van der Waals surface area (Å²) in [5.41, 5.74) is 1.54. The Balaban J connectivity index is 1.56. The highest BCUT2D eigenvalue weighted by molar-refractivity contribution is 6.45. The van der Waals surface area contributed by atoms with Crippen molar-refractivity contribution >= 4 is 7.05 Å². The highest BCUT2D eigenvalue weighted by Gasteiger charge is 2.46. The SMILES string of the molecule is CB(O)NC1(C)C[C@H]2CN(Cc3ccccc3)C[C@H]2C1. The number of fused-ring (bicyclic) bond motifs is 1. The summed E-state index contributed by atoms with van der Waals surface area (Å²) in [6.07, 6.45) is 2.38. The van der Waals surface area contributed by atoms with Gasteiger partial charge < -0.3 is 10.3 Å². The highest BCUT2D eigenvalue weighted by atomic mass is 16.2.